The Balaban J connectivity index is 1.17. The number of rotatable bonds is 4. The number of aromatic nitrogens is 4. The molecule has 0 aliphatic heterocycles. The van der Waals surface area contributed by atoms with Crippen molar-refractivity contribution in [1.82, 2.24) is 19.5 Å². The van der Waals surface area contributed by atoms with Gasteiger partial charge in [-0.25, -0.2) is 15.0 Å². The first-order valence-corrected chi connectivity index (χ1v) is 19.8. The summed E-state index contributed by atoms with van der Waals surface area (Å²) in [6.45, 7) is 9.69. The van der Waals surface area contributed by atoms with Crippen molar-refractivity contribution in [2.45, 2.75) is 38.5 Å². The van der Waals surface area contributed by atoms with Crippen molar-refractivity contribution >= 4 is 43.4 Å². The number of benzene rings is 8. The predicted molar refractivity (Wildman–Crippen MR) is 237 cm³/mol. The minimum Gasteiger partial charge on any atom is -0.309 e. The van der Waals surface area contributed by atoms with E-state index in [4.69, 9.17) is 15.0 Å². The molecule has 1 aliphatic rings. The van der Waals surface area contributed by atoms with E-state index in [1.807, 2.05) is 36.4 Å². The summed E-state index contributed by atoms with van der Waals surface area (Å²) >= 11 is 0. The van der Waals surface area contributed by atoms with Crippen LogP contribution in [-0.4, -0.2) is 19.5 Å². The summed E-state index contributed by atoms with van der Waals surface area (Å²) in [6.07, 6.45) is 0. The van der Waals surface area contributed by atoms with Crippen LogP contribution in [0.2, 0.25) is 0 Å². The Morgan fingerprint density at radius 2 is 0.877 bits per heavy atom. The minimum absolute atomic E-state index is 0.111. The first-order chi connectivity index (χ1) is 27.8. The van der Waals surface area contributed by atoms with E-state index in [-0.39, 0.29) is 10.8 Å². The molecular formula is C53H40N4. The highest BCUT2D eigenvalue weighted by molar-refractivity contribution is 6.13. The second-order valence-electron chi connectivity index (χ2n) is 16.5. The van der Waals surface area contributed by atoms with Gasteiger partial charge in [0.15, 0.2) is 17.5 Å². The van der Waals surface area contributed by atoms with Gasteiger partial charge < -0.3 is 4.57 Å². The summed E-state index contributed by atoms with van der Waals surface area (Å²) in [7, 11) is 0. The average Bonchev–Trinajstić information content (AvgIpc) is 3.58. The minimum atomic E-state index is -0.148. The zero-order chi connectivity index (χ0) is 38.5. The molecule has 272 valence electrons. The molecule has 0 unspecified atom stereocenters. The standard InChI is InChI=1S/C53H40N4/c1-52(2)44-30-36-22-12-11-21-35(36)29-41(44)42-31-43-39-25-15-16-26-46(39)57(48(43)32-45(42)53(52,3)4)47-28-27-40(37-23-13-14-24-38(37)47)51-55-49(33-17-7-5-8-18-33)54-50(56-51)34-19-9-6-10-20-34/h5-32H,1-4H3. The van der Waals surface area contributed by atoms with E-state index < -0.39 is 0 Å². The number of hydrogen-bond donors (Lipinski definition) is 0. The largest absolute Gasteiger partial charge is 0.309 e. The number of nitrogens with zero attached hydrogens (tertiary/aromatic N) is 4. The van der Waals surface area contributed by atoms with Gasteiger partial charge in [0.25, 0.3) is 0 Å². The van der Waals surface area contributed by atoms with E-state index >= 15 is 0 Å². The first-order valence-electron chi connectivity index (χ1n) is 19.8. The third kappa shape index (κ3) is 4.96. The molecule has 0 bridgehead atoms. The Morgan fingerprint density at radius 3 is 1.54 bits per heavy atom. The summed E-state index contributed by atoms with van der Waals surface area (Å²) in [5, 5.41) is 7.29. The Bertz CT molecular complexity index is 3170. The van der Waals surface area contributed by atoms with Crippen LogP contribution in [0.4, 0.5) is 0 Å². The maximum atomic E-state index is 5.13. The molecule has 0 saturated heterocycles. The fraction of sp³-hybridized carbons (Fsp3) is 0.113. The highest BCUT2D eigenvalue weighted by atomic mass is 15.0. The van der Waals surface area contributed by atoms with Gasteiger partial charge >= 0.3 is 0 Å². The quantitative estimate of drug-likeness (QED) is 0.181. The fourth-order valence-electron chi connectivity index (χ4n) is 9.27. The van der Waals surface area contributed by atoms with Crippen LogP contribution in [0.3, 0.4) is 0 Å². The SMILES string of the molecule is CC1(C)c2cc3ccccc3cc2-c2cc3c4ccccc4n(-c4ccc(-c5nc(-c6ccccc6)nc(-c6ccccc6)n5)c5ccccc45)c3cc2C1(C)C. The van der Waals surface area contributed by atoms with Crippen LogP contribution in [-0.2, 0) is 10.8 Å². The highest BCUT2D eigenvalue weighted by Gasteiger charge is 2.46. The summed E-state index contributed by atoms with van der Waals surface area (Å²) in [5.41, 5.74) is 11.6. The van der Waals surface area contributed by atoms with Crippen LogP contribution in [0, 0.1) is 0 Å². The molecule has 0 N–H and O–H groups in total. The van der Waals surface area contributed by atoms with Crippen molar-refractivity contribution < 1.29 is 0 Å². The van der Waals surface area contributed by atoms with E-state index in [0.29, 0.717) is 17.5 Å². The molecule has 4 nitrogen and oxygen atoms in total. The van der Waals surface area contributed by atoms with Crippen LogP contribution in [0.1, 0.15) is 38.8 Å². The second kappa shape index (κ2) is 12.3. The maximum absolute atomic E-state index is 5.13. The molecule has 10 aromatic rings. The van der Waals surface area contributed by atoms with E-state index in [9.17, 15) is 0 Å². The van der Waals surface area contributed by atoms with E-state index in [1.165, 1.54) is 54.8 Å². The van der Waals surface area contributed by atoms with Crippen molar-refractivity contribution in [3.05, 3.63) is 181 Å². The molecule has 0 radical (unpaired) electrons. The Labute approximate surface area is 332 Å². The second-order valence-corrected chi connectivity index (χ2v) is 16.5. The van der Waals surface area contributed by atoms with Crippen LogP contribution < -0.4 is 0 Å². The maximum Gasteiger partial charge on any atom is 0.164 e. The van der Waals surface area contributed by atoms with E-state index in [0.717, 1.165) is 33.2 Å². The smallest absolute Gasteiger partial charge is 0.164 e. The normalized spacial score (nSPS) is 14.2. The third-order valence-electron chi connectivity index (χ3n) is 13.0. The fourth-order valence-corrected chi connectivity index (χ4v) is 9.27. The summed E-state index contributed by atoms with van der Waals surface area (Å²) < 4.78 is 2.48. The van der Waals surface area contributed by atoms with E-state index in [2.05, 4.69) is 166 Å². The van der Waals surface area contributed by atoms with Gasteiger partial charge in [0.2, 0.25) is 0 Å². The van der Waals surface area contributed by atoms with Gasteiger partial charge in [-0.2, -0.15) is 0 Å². The molecule has 0 fully saturated rings. The van der Waals surface area contributed by atoms with Gasteiger partial charge in [0, 0.05) is 32.8 Å². The lowest BCUT2D eigenvalue weighted by molar-refractivity contribution is 0.299. The number of para-hydroxylation sites is 1. The molecule has 0 saturated carbocycles. The predicted octanol–water partition coefficient (Wildman–Crippen LogP) is 13.5. The molecule has 1 aliphatic carbocycles. The number of hydrogen-bond acceptors (Lipinski definition) is 3. The van der Waals surface area contributed by atoms with Gasteiger partial charge in [0.05, 0.1) is 16.7 Å². The van der Waals surface area contributed by atoms with Crippen molar-refractivity contribution in [2.24, 2.45) is 0 Å². The van der Waals surface area contributed by atoms with Crippen LogP contribution in [0.5, 0.6) is 0 Å². The molecule has 0 atom stereocenters. The molecule has 8 aromatic carbocycles. The van der Waals surface area contributed by atoms with Gasteiger partial charge in [0.1, 0.15) is 0 Å². The lowest BCUT2D eigenvalue weighted by Crippen LogP contribution is -2.43. The molecular weight excluding hydrogens is 693 g/mol. The molecule has 2 aromatic heterocycles. The van der Waals surface area contributed by atoms with Gasteiger partial charge in [-0.1, -0.05) is 155 Å². The first kappa shape index (κ1) is 33.4. The van der Waals surface area contributed by atoms with Gasteiger partial charge in [-0.3, -0.25) is 0 Å². The van der Waals surface area contributed by atoms with Crippen LogP contribution in [0.25, 0.3) is 94.3 Å². The molecule has 11 rings (SSSR count). The average molecular weight is 733 g/mol. The monoisotopic (exact) mass is 732 g/mol. The molecule has 0 amide bonds. The summed E-state index contributed by atoms with van der Waals surface area (Å²) in [5.74, 6) is 1.96. The van der Waals surface area contributed by atoms with Gasteiger partial charge in [-0.15, -0.1) is 0 Å². The van der Waals surface area contributed by atoms with Crippen molar-refractivity contribution in [2.75, 3.05) is 0 Å². The van der Waals surface area contributed by atoms with Crippen molar-refractivity contribution in [3.8, 4) is 51.0 Å². The van der Waals surface area contributed by atoms with Crippen molar-refractivity contribution in [1.29, 1.82) is 0 Å². The van der Waals surface area contributed by atoms with E-state index in [1.54, 1.807) is 0 Å². The third-order valence-corrected chi connectivity index (χ3v) is 13.0. The topological polar surface area (TPSA) is 43.6 Å². The molecule has 57 heavy (non-hydrogen) atoms. The Kier molecular flexibility index (Phi) is 7.21. The van der Waals surface area contributed by atoms with Crippen molar-refractivity contribution in [3.63, 3.8) is 0 Å². The Morgan fingerprint density at radius 1 is 0.368 bits per heavy atom. The summed E-state index contributed by atoms with van der Waals surface area (Å²) in [6, 6.07) is 61.0. The number of fused-ring (bicyclic) bond motifs is 8. The summed E-state index contributed by atoms with van der Waals surface area (Å²) in [4.78, 5) is 15.2. The zero-order valence-corrected chi connectivity index (χ0v) is 32.5. The molecule has 0 spiro atoms. The Hall–Kier alpha value is -6.91. The van der Waals surface area contributed by atoms with Crippen LogP contribution in [0.15, 0.2) is 170 Å². The molecule has 4 heteroatoms. The lowest BCUT2D eigenvalue weighted by Gasteiger charge is -2.48. The lowest BCUT2D eigenvalue weighted by atomic mass is 9.55. The van der Waals surface area contributed by atoms with Crippen LogP contribution >= 0.6 is 0 Å². The zero-order valence-electron chi connectivity index (χ0n) is 32.5. The highest BCUT2D eigenvalue weighted by Crippen LogP contribution is 2.56. The van der Waals surface area contributed by atoms with Gasteiger partial charge in [-0.05, 0) is 91.7 Å². The molecule has 2 heterocycles.